The fourth-order valence-electron chi connectivity index (χ4n) is 6.13. The molecule has 11 aliphatic rings. The van der Waals surface area contributed by atoms with Gasteiger partial charge in [-0.05, 0) is 134 Å². The first kappa shape index (κ1) is 164. The third-order valence-corrected chi connectivity index (χ3v) is 10.6. The first-order valence-corrected chi connectivity index (χ1v) is 47.4. The number of hydrogen-bond acceptors (Lipinski definition) is 14. The van der Waals surface area contributed by atoms with Gasteiger partial charge in [0.2, 0.25) is 0 Å². The molecule has 0 radical (unpaired) electrons. The molecule has 6 aliphatic heterocycles. The molecule has 0 aromatic carbocycles. The molecule has 0 unspecified atom stereocenters. The summed E-state index contributed by atoms with van der Waals surface area (Å²) in [6.45, 7) is 107. The Morgan fingerprint density at radius 1 is 0.324 bits per heavy atom. The van der Waals surface area contributed by atoms with Crippen molar-refractivity contribution < 1.29 is 14.3 Å². The van der Waals surface area contributed by atoms with Crippen LogP contribution < -0.4 is 21.7 Å². The fourth-order valence-corrected chi connectivity index (χ4v) is 6.74. The van der Waals surface area contributed by atoms with Crippen LogP contribution in [0.2, 0.25) is 0 Å². The standard InChI is InChI=1S/2C6H10.C6H8.C5H10.C5H8.C4H8N2.2C4H7NO.C4H7NS.C3H7N3.C3H6N2O.22C2H6/c3*1-6-4-2-3-5-6;2*1-2-4-5-3-1;1-2-4-6-5-3-1;1-2-5-4-6-3-1;2*1-2-4-6-5-3-1;1-2-5-6-3-4-1;1-2-6-3-5-4-1;22*1-2/h2*1-5H2;2,4H,1,3,5H2;1-5H2;1-2H,3-5H2;3,6H,1-2,4H2;4H,1-3H2;2*3H,1-2,4H2;3,5H,1-2H2,(H,4,6);3-4H,1-2H2;22*1-2H3. The van der Waals surface area contributed by atoms with Crippen molar-refractivity contribution in [3.63, 3.8) is 0 Å². The van der Waals surface area contributed by atoms with Crippen molar-refractivity contribution in [2.75, 3.05) is 58.3 Å². The Balaban J connectivity index is -0.0000000359. The van der Waals surface area contributed by atoms with Gasteiger partial charge >= 0.3 is 0 Å². The molecule has 4 N–H and O–H groups in total. The molecule has 0 saturated heterocycles. The van der Waals surface area contributed by atoms with Gasteiger partial charge in [0, 0.05) is 50.5 Å². The van der Waals surface area contributed by atoms with E-state index >= 15 is 0 Å². The van der Waals surface area contributed by atoms with Crippen LogP contribution in [0, 0.1) is 0 Å². The summed E-state index contributed by atoms with van der Waals surface area (Å²) < 4.78 is 13.5. The highest BCUT2D eigenvalue weighted by atomic mass is 32.2. The topological polar surface area (TPSA) is 150 Å². The van der Waals surface area contributed by atoms with Crippen molar-refractivity contribution in [2.45, 2.75) is 465 Å². The normalized spacial score (nSPS) is 13.5. The van der Waals surface area contributed by atoms with E-state index in [1.54, 1.807) is 24.5 Å². The number of hydrazine groups is 1. The molecule has 6 heterocycles. The average molecular weight is 1570 g/mol. The highest BCUT2D eigenvalue weighted by Gasteiger charge is 2.02. The Kier molecular flexibility index (Phi) is 410. The molecule has 0 bridgehead atoms. The lowest BCUT2D eigenvalue weighted by Crippen LogP contribution is -2.36. The zero-order valence-electron chi connectivity index (χ0n) is 83.8. The monoisotopic (exact) mass is 1570 g/mol. The molecule has 0 spiro atoms. The maximum atomic E-state index is 4.78. The Morgan fingerprint density at radius 2 is 0.731 bits per heavy atom. The second kappa shape index (κ2) is 270. The largest absolute Gasteiger partial charge is 0.483 e. The lowest BCUT2D eigenvalue weighted by atomic mass is 10.3. The predicted molar refractivity (Wildman–Crippen MR) is 529 cm³/mol. The molecule has 3 fully saturated rings. The van der Waals surface area contributed by atoms with Crippen LogP contribution >= 0.6 is 11.9 Å². The summed E-state index contributed by atoms with van der Waals surface area (Å²) in [5.74, 6) is 1.22. The third kappa shape index (κ3) is 262. The van der Waals surface area contributed by atoms with Crippen LogP contribution in [0.25, 0.3) is 0 Å². The molecular weight excluding hydrogens is 1350 g/mol. The SMILES string of the molecule is C1=CCCC1.C1=NCCCO1.C1=NCCNN1.C1=NNCCC1.C1=NNCCO1.C1=NOCCC1.C1=NSCCC1.C1CCCC1.C=C1C=CCC1.C=C1CCCC1.C=C1CCCC1.CC.CC.CC.CC.CC.CC.CC.CC.CC.CC.CC.CC.CC.CC.CC.CC.CC.CC.CC.CC.CC.CC. The number of hydrogen-bond donors (Lipinski definition) is 4. The summed E-state index contributed by atoms with van der Waals surface area (Å²) >= 11 is 1.66. The summed E-state index contributed by atoms with van der Waals surface area (Å²) in [4.78, 5) is 12.3. The van der Waals surface area contributed by atoms with Crippen molar-refractivity contribution in [1.29, 1.82) is 0 Å². The number of rotatable bonds is 0. The molecule has 11 rings (SSSR count). The fraction of sp³-hybridized carbons (Fsp3) is 0.830. The Hall–Kier alpha value is -4.17. The van der Waals surface area contributed by atoms with Gasteiger partial charge in [-0.2, -0.15) is 5.10 Å². The van der Waals surface area contributed by atoms with E-state index in [0.717, 1.165) is 78.2 Å². The van der Waals surface area contributed by atoms with Gasteiger partial charge in [-0.15, -0.1) is 5.10 Å². The first-order chi connectivity index (χ1) is 53.7. The molecule has 0 amide bonds. The van der Waals surface area contributed by atoms with Crippen LogP contribution in [0.15, 0.2) is 90.5 Å². The smallest absolute Gasteiger partial charge is 0.192 e. The van der Waals surface area contributed by atoms with E-state index in [1.807, 2.05) is 317 Å². The summed E-state index contributed by atoms with van der Waals surface area (Å²) in [7, 11) is 0. The summed E-state index contributed by atoms with van der Waals surface area (Å²) in [6.07, 6.45) is 51.8. The highest BCUT2D eigenvalue weighted by Crippen LogP contribution is 2.21. The van der Waals surface area contributed by atoms with E-state index in [4.69, 9.17) is 9.47 Å². The van der Waals surface area contributed by atoms with E-state index in [0.29, 0.717) is 0 Å². The molecular formula is C94H220N10O3S. The lowest BCUT2D eigenvalue weighted by Gasteiger charge is -2.04. The maximum absolute atomic E-state index is 4.78. The zero-order valence-corrected chi connectivity index (χ0v) is 84.6. The van der Waals surface area contributed by atoms with E-state index in [1.165, 1.54) is 170 Å². The minimum Gasteiger partial charge on any atom is -0.483 e. The van der Waals surface area contributed by atoms with Gasteiger partial charge < -0.3 is 30.6 Å². The summed E-state index contributed by atoms with van der Waals surface area (Å²) in [5, 5.41) is 10.9. The van der Waals surface area contributed by atoms with E-state index in [9.17, 15) is 0 Å². The lowest BCUT2D eigenvalue weighted by molar-refractivity contribution is 0.134. The number of nitrogens with zero attached hydrogens (tertiary/aromatic N) is 6. The highest BCUT2D eigenvalue weighted by molar-refractivity contribution is 7.98. The van der Waals surface area contributed by atoms with Crippen molar-refractivity contribution in [3.8, 4) is 0 Å². The summed E-state index contributed by atoms with van der Waals surface area (Å²) in [5.41, 5.74) is 15.4. The Labute approximate surface area is 695 Å². The van der Waals surface area contributed by atoms with Crippen molar-refractivity contribution in [2.24, 2.45) is 29.7 Å². The molecule has 0 aromatic rings. The molecule has 3 saturated carbocycles. The number of nitrogens with one attached hydrogen (secondary N) is 4. The van der Waals surface area contributed by atoms with Gasteiger partial charge in [0.1, 0.15) is 13.2 Å². The first-order valence-electron chi connectivity index (χ1n) is 46.5. The maximum Gasteiger partial charge on any atom is 0.192 e. The zero-order chi connectivity index (χ0) is 89.7. The van der Waals surface area contributed by atoms with E-state index in [-0.39, 0.29) is 0 Å². The van der Waals surface area contributed by atoms with Crippen molar-refractivity contribution in [3.05, 3.63) is 60.8 Å². The molecule has 0 atom stereocenters. The molecule has 670 valence electrons. The Bertz CT molecular complexity index is 1120. The number of hydrazone groups is 2. The summed E-state index contributed by atoms with van der Waals surface area (Å²) in [6, 6.07) is 0. The van der Waals surface area contributed by atoms with Gasteiger partial charge in [-0.3, -0.25) is 9.98 Å². The Morgan fingerprint density at radius 3 is 0.824 bits per heavy atom. The quantitative estimate of drug-likeness (QED) is 0.138. The molecule has 0 aromatic heterocycles. The van der Waals surface area contributed by atoms with Gasteiger partial charge in [0.05, 0.1) is 26.0 Å². The van der Waals surface area contributed by atoms with Crippen LogP contribution in [-0.2, 0) is 14.3 Å². The van der Waals surface area contributed by atoms with Gasteiger partial charge in [-0.1, -0.05) is 403 Å². The number of oxime groups is 1. The van der Waals surface area contributed by atoms with E-state index < -0.39 is 0 Å². The predicted octanol–water partition coefficient (Wildman–Crippen LogP) is 34.1. The van der Waals surface area contributed by atoms with Crippen LogP contribution in [-0.4, -0.2) is 96.1 Å². The van der Waals surface area contributed by atoms with Gasteiger partial charge in [0.25, 0.3) is 0 Å². The van der Waals surface area contributed by atoms with Gasteiger partial charge in [0.15, 0.2) is 12.8 Å². The van der Waals surface area contributed by atoms with Crippen LogP contribution in [0.3, 0.4) is 0 Å². The second-order valence-corrected chi connectivity index (χ2v) is 16.8. The molecule has 13 nitrogen and oxygen atoms in total. The van der Waals surface area contributed by atoms with Crippen LogP contribution in [0.5, 0.6) is 0 Å². The number of allylic oxidation sites excluding steroid dienone is 7. The van der Waals surface area contributed by atoms with Gasteiger partial charge in [-0.25, -0.2) is 9.82 Å². The molecule has 5 aliphatic carbocycles. The minimum atomic E-state index is 0.740. The molecule has 108 heavy (non-hydrogen) atoms. The number of aliphatic imine (C=N–C) groups is 2. The van der Waals surface area contributed by atoms with E-state index in [2.05, 4.69) is 100 Å². The third-order valence-electron chi connectivity index (χ3n) is 9.88. The number of ether oxygens (including phenoxy) is 2. The minimum absolute atomic E-state index is 0.740. The van der Waals surface area contributed by atoms with Crippen molar-refractivity contribution in [1.82, 2.24) is 21.7 Å². The van der Waals surface area contributed by atoms with Crippen LogP contribution in [0.4, 0.5) is 0 Å². The molecule has 14 heteroatoms. The second-order valence-electron chi connectivity index (χ2n) is 15.9. The average Bonchev–Trinajstić information content (AvgIpc) is 1.95. The van der Waals surface area contributed by atoms with Crippen molar-refractivity contribution >= 4 is 49.7 Å². The van der Waals surface area contributed by atoms with Crippen LogP contribution in [0.1, 0.15) is 465 Å².